The molecule has 6 heteroatoms. The van der Waals surface area contributed by atoms with Crippen molar-refractivity contribution in [1.29, 1.82) is 0 Å². The summed E-state index contributed by atoms with van der Waals surface area (Å²) in [5.74, 6) is -0.490. The molecule has 0 amide bonds. The number of rotatable bonds is 4. The average Bonchev–Trinajstić information content (AvgIpc) is 2.00. The highest BCUT2D eigenvalue weighted by molar-refractivity contribution is 6.86. The van der Waals surface area contributed by atoms with Crippen LogP contribution in [0.1, 0.15) is 6.92 Å². The van der Waals surface area contributed by atoms with Gasteiger partial charge in [0.05, 0.1) is 14.7 Å². The number of ether oxygens (including phenoxy) is 1. The van der Waals surface area contributed by atoms with Gasteiger partial charge in [-0.25, -0.2) is 0 Å². The highest BCUT2D eigenvalue weighted by atomic mass is 35.5. The Labute approximate surface area is 107 Å². The van der Waals surface area contributed by atoms with Crippen molar-refractivity contribution in [3.63, 3.8) is 0 Å². The van der Waals surface area contributed by atoms with Crippen molar-refractivity contribution in [3.05, 3.63) is 9.69 Å². The van der Waals surface area contributed by atoms with Crippen LogP contribution in [0.5, 0.6) is 0 Å². The second-order valence-corrected chi connectivity index (χ2v) is 10.5. The fourth-order valence-electron chi connectivity index (χ4n) is 1.09. The molecule has 0 rings (SSSR count). The van der Waals surface area contributed by atoms with Gasteiger partial charge in [0.1, 0.15) is 4.49 Å². The van der Waals surface area contributed by atoms with E-state index in [1.54, 1.807) is 6.92 Å². The fourth-order valence-corrected chi connectivity index (χ4v) is 5.72. The summed E-state index contributed by atoms with van der Waals surface area (Å²) in [5.41, 5.74) is 0. The molecule has 0 heterocycles. The first-order chi connectivity index (χ1) is 6.71. The quantitative estimate of drug-likeness (QED) is 0.448. The van der Waals surface area contributed by atoms with Gasteiger partial charge in [0.25, 0.3) is 0 Å². The van der Waals surface area contributed by atoms with E-state index in [9.17, 15) is 4.79 Å². The molecule has 0 spiro atoms. The van der Waals surface area contributed by atoms with Gasteiger partial charge in [0, 0.05) is 0 Å². The van der Waals surface area contributed by atoms with Crippen molar-refractivity contribution in [2.75, 3.05) is 6.61 Å². The Hall–Kier alpha value is 0.297. The summed E-state index contributed by atoms with van der Waals surface area (Å²) in [7, 11) is -1.82. The third-order valence-electron chi connectivity index (χ3n) is 1.76. The van der Waals surface area contributed by atoms with E-state index < -0.39 is 19.4 Å². The predicted molar refractivity (Wildman–Crippen MR) is 68.4 cm³/mol. The summed E-state index contributed by atoms with van der Waals surface area (Å²) in [6.45, 7) is 8.06. The molecule has 0 saturated heterocycles. The molecule has 0 N–H and O–H groups in total. The number of esters is 1. The highest BCUT2D eigenvalue weighted by Crippen LogP contribution is 2.30. The van der Waals surface area contributed by atoms with Crippen LogP contribution in [0.4, 0.5) is 0 Å². The number of hydrogen-bond acceptors (Lipinski definition) is 2. The zero-order valence-corrected chi connectivity index (χ0v) is 12.5. The third kappa shape index (κ3) is 4.77. The van der Waals surface area contributed by atoms with Gasteiger partial charge in [-0.2, -0.15) is 0 Å². The zero-order chi connectivity index (χ0) is 12.2. The van der Waals surface area contributed by atoms with Gasteiger partial charge in [-0.05, 0) is 12.1 Å². The molecule has 0 bridgehead atoms. The van der Waals surface area contributed by atoms with Crippen molar-refractivity contribution < 1.29 is 9.53 Å². The van der Waals surface area contributed by atoms with Crippen LogP contribution < -0.4 is 0 Å². The number of halogens is 3. The molecule has 0 radical (unpaired) electrons. The van der Waals surface area contributed by atoms with E-state index in [4.69, 9.17) is 39.5 Å². The monoisotopic (exact) mass is 288 g/mol. The van der Waals surface area contributed by atoms with E-state index in [1.165, 1.54) is 0 Å². The Kier molecular flexibility index (Phi) is 6.26. The Morgan fingerprint density at radius 3 is 2.07 bits per heavy atom. The van der Waals surface area contributed by atoms with Gasteiger partial charge in [-0.1, -0.05) is 42.8 Å². The van der Waals surface area contributed by atoms with E-state index in [1.807, 2.05) is 19.6 Å². The van der Waals surface area contributed by atoms with Crippen molar-refractivity contribution >= 4 is 48.8 Å². The van der Waals surface area contributed by atoms with Crippen LogP contribution in [0.15, 0.2) is 9.69 Å². The zero-order valence-electron chi connectivity index (χ0n) is 9.23. The number of carbonyl (C=O) groups is 1. The summed E-state index contributed by atoms with van der Waals surface area (Å²) < 4.78 is 4.92. The van der Waals surface area contributed by atoms with Crippen molar-refractivity contribution in [3.8, 4) is 0 Å². The van der Waals surface area contributed by atoms with Gasteiger partial charge in [-0.15, -0.1) is 11.6 Å². The van der Waals surface area contributed by atoms with Gasteiger partial charge in [0.2, 0.25) is 0 Å². The van der Waals surface area contributed by atoms with Crippen LogP contribution in [0.2, 0.25) is 19.6 Å². The standard InChI is InChI=1S/C9H15Cl3O2Si/c1-5-14-9(13)6(10)7(8(11)12)15(2,3)4/h6H,5H2,1-4H3. The maximum atomic E-state index is 11.5. The van der Waals surface area contributed by atoms with Crippen LogP contribution in [0.25, 0.3) is 0 Å². The SMILES string of the molecule is CCOC(=O)C(Cl)C(=C(Cl)Cl)[Si](C)(C)C. The topological polar surface area (TPSA) is 26.3 Å². The average molecular weight is 290 g/mol. The summed E-state index contributed by atoms with van der Waals surface area (Å²) in [6.07, 6.45) is 0. The second kappa shape index (κ2) is 6.14. The normalized spacial score (nSPS) is 13.3. The molecule has 0 fully saturated rings. The van der Waals surface area contributed by atoms with Crippen molar-refractivity contribution in [2.24, 2.45) is 0 Å². The van der Waals surface area contributed by atoms with Crippen molar-refractivity contribution in [1.82, 2.24) is 0 Å². The molecule has 0 aromatic carbocycles. The number of alkyl halides is 1. The van der Waals surface area contributed by atoms with Crippen molar-refractivity contribution in [2.45, 2.75) is 31.9 Å². The molecule has 15 heavy (non-hydrogen) atoms. The first kappa shape index (κ1) is 15.3. The minimum atomic E-state index is -1.82. The lowest BCUT2D eigenvalue weighted by Gasteiger charge is -2.24. The predicted octanol–water partition coefficient (Wildman–Crippen LogP) is 3.72. The summed E-state index contributed by atoms with van der Waals surface area (Å²) >= 11 is 17.5. The second-order valence-electron chi connectivity index (χ2n) is 4.04. The van der Waals surface area contributed by atoms with Crippen LogP contribution in [0, 0.1) is 0 Å². The molecule has 1 unspecified atom stereocenters. The van der Waals surface area contributed by atoms with E-state index in [0.717, 1.165) is 0 Å². The van der Waals surface area contributed by atoms with Gasteiger partial charge < -0.3 is 4.74 Å². The third-order valence-corrected chi connectivity index (χ3v) is 5.22. The maximum absolute atomic E-state index is 11.5. The molecule has 1 atom stereocenters. The molecule has 0 saturated carbocycles. The molecular weight excluding hydrogens is 275 g/mol. The number of hydrogen-bond donors (Lipinski definition) is 0. The molecule has 0 aliphatic heterocycles. The Morgan fingerprint density at radius 1 is 1.33 bits per heavy atom. The fraction of sp³-hybridized carbons (Fsp3) is 0.667. The first-order valence-corrected chi connectivity index (χ1v) is 9.27. The molecule has 0 aliphatic carbocycles. The van der Waals surface area contributed by atoms with Gasteiger partial charge >= 0.3 is 5.97 Å². The molecule has 0 aliphatic rings. The van der Waals surface area contributed by atoms with Crippen LogP contribution >= 0.6 is 34.8 Å². The van der Waals surface area contributed by atoms with E-state index in [0.29, 0.717) is 11.8 Å². The molecule has 88 valence electrons. The molecule has 0 aromatic heterocycles. The lowest BCUT2D eigenvalue weighted by atomic mass is 10.4. The molecular formula is C9H15Cl3O2Si. The highest BCUT2D eigenvalue weighted by Gasteiger charge is 2.33. The summed E-state index contributed by atoms with van der Waals surface area (Å²) in [6, 6.07) is 0. The number of carbonyl (C=O) groups excluding carboxylic acids is 1. The van der Waals surface area contributed by atoms with Gasteiger partial charge in [0.15, 0.2) is 5.38 Å². The smallest absolute Gasteiger partial charge is 0.327 e. The Bertz CT molecular complexity index is 267. The molecule has 2 nitrogen and oxygen atoms in total. The van der Waals surface area contributed by atoms with Gasteiger partial charge in [-0.3, -0.25) is 4.79 Å². The summed E-state index contributed by atoms with van der Waals surface area (Å²) in [5, 5.41) is -0.257. The Balaban J connectivity index is 4.99. The first-order valence-electron chi connectivity index (χ1n) is 4.58. The minimum absolute atomic E-state index is 0.0854. The van der Waals surface area contributed by atoms with E-state index in [2.05, 4.69) is 0 Å². The van der Waals surface area contributed by atoms with Crippen LogP contribution in [-0.2, 0) is 9.53 Å². The lowest BCUT2D eigenvalue weighted by Crippen LogP contribution is -2.35. The van der Waals surface area contributed by atoms with Crippen LogP contribution in [0.3, 0.4) is 0 Å². The van der Waals surface area contributed by atoms with E-state index in [-0.39, 0.29) is 4.49 Å². The Morgan fingerprint density at radius 2 is 1.80 bits per heavy atom. The minimum Gasteiger partial charge on any atom is -0.465 e. The largest absolute Gasteiger partial charge is 0.465 e. The maximum Gasteiger partial charge on any atom is 0.327 e. The lowest BCUT2D eigenvalue weighted by molar-refractivity contribution is -0.141. The van der Waals surface area contributed by atoms with Crippen LogP contribution in [-0.4, -0.2) is 26.0 Å². The molecule has 0 aromatic rings. The summed E-state index contributed by atoms with van der Waals surface area (Å²) in [4.78, 5) is 11.5. The van der Waals surface area contributed by atoms with E-state index >= 15 is 0 Å².